The van der Waals surface area contributed by atoms with Crippen molar-refractivity contribution in [1.29, 1.82) is 0 Å². The second kappa shape index (κ2) is 9.23. The van der Waals surface area contributed by atoms with Crippen LogP contribution in [-0.4, -0.2) is 35.0 Å². The van der Waals surface area contributed by atoms with E-state index in [1.54, 1.807) is 30.8 Å². The van der Waals surface area contributed by atoms with Crippen LogP contribution < -0.4 is 10.0 Å². The number of benzene rings is 1. The fourth-order valence-corrected chi connectivity index (χ4v) is 6.21. The van der Waals surface area contributed by atoms with Crippen LogP contribution in [0.25, 0.3) is 0 Å². The lowest BCUT2D eigenvalue weighted by Gasteiger charge is -2.23. The molecule has 1 aliphatic rings. The maximum atomic E-state index is 12.4. The fraction of sp³-hybridized carbons (Fsp3) is 0.500. The Balaban J connectivity index is 1.58. The van der Waals surface area contributed by atoms with Crippen molar-refractivity contribution >= 4 is 49.8 Å². The Morgan fingerprint density at radius 1 is 1.18 bits per heavy atom. The Hall–Kier alpha value is -1.65. The normalized spacial score (nSPS) is 16.5. The highest BCUT2D eigenvalue weighted by atomic mass is 32.2. The van der Waals surface area contributed by atoms with Gasteiger partial charge in [0.25, 0.3) is 10.0 Å². The first-order chi connectivity index (χ1) is 13.3. The zero-order chi connectivity index (χ0) is 20.1. The summed E-state index contributed by atoms with van der Waals surface area (Å²) in [4.78, 5) is 12.5. The number of sulfonamides is 1. The number of aryl methyl sites for hydroxylation is 1. The number of nitrogens with one attached hydrogen (secondary N) is 2. The molecule has 1 atom stereocenters. The summed E-state index contributed by atoms with van der Waals surface area (Å²) in [5, 5.41) is 11.7. The lowest BCUT2D eigenvalue weighted by Crippen LogP contribution is -2.25. The molecule has 10 heteroatoms. The molecule has 0 bridgehead atoms. The van der Waals surface area contributed by atoms with Gasteiger partial charge in [0.1, 0.15) is 5.01 Å². The molecule has 1 aliphatic carbocycles. The van der Waals surface area contributed by atoms with Crippen LogP contribution in [-0.2, 0) is 14.8 Å². The molecule has 1 aromatic heterocycles. The molecule has 0 saturated heterocycles. The average Bonchev–Trinajstić information content (AvgIpc) is 3.07. The van der Waals surface area contributed by atoms with Crippen LogP contribution in [0.4, 0.5) is 10.8 Å². The van der Waals surface area contributed by atoms with Gasteiger partial charge in [-0.05, 0) is 51.0 Å². The van der Waals surface area contributed by atoms with Crippen molar-refractivity contribution in [2.45, 2.75) is 61.3 Å². The Morgan fingerprint density at radius 2 is 1.86 bits per heavy atom. The fourth-order valence-electron chi connectivity index (χ4n) is 3.02. The SMILES string of the molecule is Cc1nnc(NS(=O)(=O)c2ccc(NC(=O)C(C)SC3CCCCC3)cc2)s1. The lowest BCUT2D eigenvalue weighted by atomic mass is 10.0. The number of carbonyl (C=O) groups excluding carboxylic acids is 1. The van der Waals surface area contributed by atoms with E-state index in [2.05, 4.69) is 20.2 Å². The van der Waals surface area contributed by atoms with Gasteiger partial charge >= 0.3 is 0 Å². The number of amides is 1. The highest BCUT2D eigenvalue weighted by molar-refractivity contribution is 8.01. The van der Waals surface area contributed by atoms with Gasteiger partial charge in [-0.15, -0.1) is 22.0 Å². The van der Waals surface area contributed by atoms with Gasteiger partial charge < -0.3 is 5.32 Å². The molecule has 3 rings (SSSR count). The van der Waals surface area contributed by atoms with Crippen LogP contribution in [0.1, 0.15) is 44.0 Å². The first-order valence-corrected chi connectivity index (χ1v) is 12.5. The first-order valence-electron chi connectivity index (χ1n) is 9.23. The molecule has 1 unspecified atom stereocenters. The van der Waals surface area contributed by atoms with Gasteiger partial charge in [-0.25, -0.2) is 8.42 Å². The molecular formula is C18H24N4O3S3. The molecule has 1 fully saturated rings. The minimum absolute atomic E-state index is 0.0614. The molecule has 0 spiro atoms. The highest BCUT2D eigenvalue weighted by Crippen LogP contribution is 2.31. The molecule has 7 nitrogen and oxygen atoms in total. The van der Waals surface area contributed by atoms with E-state index < -0.39 is 10.0 Å². The Kier molecular flexibility index (Phi) is 6.95. The van der Waals surface area contributed by atoms with Gasteiger partial charge in [0.2, 0.25) is 11.0 Å². The molecule has 152 valence electrons. The van der Waals surface area contributed by atoms with E-state index in [0.717, 1.165) is 0 Å². The van der Waals surface area contributed by atoms with Gasteiger partial charge in [0.05, 0.1) is 10.1 Å². The van der Waals surface area contributed by atoms with E-state index in [9.17, 15) is 13.2 Å². The number of anilines is 2. The molecule has 1 saturated carbocycles. The van der Waals surface area contributed by atoms with Gasteiger partial charge in [-0.3, -0.25) is 9.52 Å². The average molecular weight is 441 g/mol. The molecule has 0 radical (unpaired) electrons. The summed E-state index contributed by atoms with van der Waals surface area (Å²) in [5.74, 6) is -0.0614. The Morgan fingerprint density at radius 3 is 2.46 bits per heavy atom. The largest absolute Gasteiger partial charge is 0.325 e. The topological polar surface area (TPSA) is 101 Å². The molecule has 1 amide bonds. The minimum Gasteiger partial charge on any atom is -0.325 e. The smallest absolute Gasteiger partial charge is 0.263 e. The van der Waals surface area contributed by atoms with E-state index in [4.69, 9.17) is 0 Å². The van der Waals surface area contributed by atoms with Gasteiger partial charge in [0.15, 0.2) is 0 Å². The van der Waals surface area contributed by atoms with Crippen LogP contribution >= 0.6 is 23.1 Å². The van der Waals surface area contributed by atoms with Crippen LogP contribution in [0.2, 0.25) is 0 Å². The number of rotatable bonds is 7. The molecule has 1 aromatic carbocycles. The van der Waals surface area contributed by atoms with Crippen LogP contribution in [0, 0.1) is 6.92 Å². The molecule has 1 heterocycles. The van der Waals surface area contributed by atoms with Gasteiger partial charge in [-0.1, -0.05) is 30.6 Å². The third-order valence-corrected chi connectivity index (χ3v) is 8.21. The lowest BCUT2D eigenvalue weighted by molar-refractivity contribution is -0.115. The quantitative estimate of drug-likeness (QED) is 0.674. The van der Waals surface area contributed by atoms with Crippen molar-refractivity contribution in [3.8, 4) is 0 Å². The van der Waals surface area contributed by atoms with E-state index in [1.807, 2.05) is 6.92 Å². The molecule has 2 N–H and O–H groups in total. The summed E-state index contributed by atoms with van der Waals surface area (Å²) in [6.07, 6.45) is 6.13. The summed E-state index contributed by atoms with van der Waals surface area (Å²) >= 11 is 2.90. The summed E-state index contributed by atoms with van der Waals surface area (Å²) < 4.78 is 27.2. The maximum absolute atomic E-state index is 12.4. The monoisotopic (exact) mass is 440 g/mol. The molecular weight excluding hydrogens is 416 g/mol. The third kappa shape index (κ3) is 5.68. The number of carbonyl (C=O) groups is 1. The van der Waals surface area contributed by atoms with Crippen molar-refractivity contribution in [3.63, 3.8) is 0 Å². The van der Waals surface area contributed by atoms with Crippen molar-refractivity contribution in [2.24, 2.45) is 0 Å². The molecule has 28 heavy (non-hydrogen) atoms. The van der Waals surface area contributed by atoms with Crippen LogP contribution in [0.5, 0.6) is 0 Å². The first kappa shape index (κ1) is 21.1. The van der Waals surface area contributed by atoms with E-state index in [-0.39, 0.29) is 21.2 Å². The number of hydrogen-bond acceptors (Lipinski definition) is 7. The number of aromatic nitrogens is 2. The van der Waals surface area contributed by atoms with Gasteiger partial charge in [0, 0.05) is 10.9 Å². The number of nitrogens with zero attached hydrogens (tertiary/aromatic N) is 2. The summed E-state index contributed by atoms with van der Waals surface area (Å²) in [7, 11) is -3.74. The zero-order valence-corrected chi connectivity index (χ0v) is 18.3. The predicted molar refractivity (Wildman–Crippen MR) is 114 cm³/mol. The Labute approximate surface area is 173 Å². The van der Waals surface area contributed by atoms with Crippen LogP contribution in [0.15, 0.2) is 29.2 Å². The zero-order valence-electron chi connectivity index (χ0n) is 15.8. The van der Waals surface area contributed by atoms with E-state index >= 15 is 0 Å². The Bertz CT molecular complexity index is 906. The second-order valence-electron chi connectivity index (χ2n) is 6.78. The summed E-state index contributed by atoms with van der Waals surface area (Å²) in [6.45, 7) is 3.67. The number of hydrogen-bond donors (Lipinski definition) is 2. The predicted octanol–water partition coefficient (Wildman–Crippen LogP) is 4.04. The number of thioether (sulfide) groups is 1. The van der Waals surface area contributed by atoms with E-state index in [0.29, 0.717) is 15.9 Å². The molecule has 0 aliphatic heterocycles. The maximum Gasteiger partial charge on any atom is 0.263 e. The standard InChI is InChI=1S/C18H24N4O3S3/c1-12(26-15-6-4-3-5-7-15)17(23)19-14-8-10-16(11-9-14)28(24,25)22-18-21-20-13(2)27-18/h8-12,15H,3-7H2,1-2H3,(H,19,23)(H,21,22). The van der Waals surface area contributed by atoms with Gasteiger partial charge in [-0.2, -0.15) is 0 Å². The highest BCUT2D eigenvalue weighted by Gasteiger charge is 2.22. The second-order valence-corrected chi connectivity index (χ2v) is 11.3. The van der Waals surface area contributed by atoms with Crippen molar-refractivity contribution in [3.05, 3.63) is 29.3 Å². The summed E-state index contributed by atoms with van der Waals surface area (Å²) in [6, 6.07) is 6.11. The van der Waals surface area contributed by atoms with Crippen molar-refractivity contribution < 1.29 is 13.2 Å². The van der Waals surface area contributed by atoms with Crippen LogP contribution in [0.3, 0.4) is 0 Å². The summed E-state index contributed by atoms with van der Waals surface area (Å²) in [5.41, 5.74) is 0.576. The minimum atomic E-state index is -3.74. The third-order valence-electron chi connectivity index (χ3n) is 4.50. The molecule has 2 aromatic rings. The van der Waals surface area contributed by atoms with Crippen molar-refractivity contribution in [2.75, 3.05) is 10.0 Å². The van der Waals surface area contributed by atoms with Crippen molar-refractivity contribution in [1.82, 2.24) is 10.2 Å². The van der Waals surface area contributed by atoms with E-state index in [1.165, 1.54) is 55.6 Å².